The molecule has 3 nitrogen and oxygen atoms in total. The fraction of sp³-hybridized carbons (Fsp3) is 0.133. The molecule has 0 spiro atoms. The monoisotopic (exact) mass is 314 g/mol. The van der Waals surface area contributed by atoms with E-state index in [0.29, 0.717) is 12.1 Å². The quantitative estimate of drug-likeness (QED) is 0.864. The summed E-state index contributed by atoms with van der Waals surface area (Å²) in [6.07, 6.45) is -4.81. The van der Waals surface area contributed by atoms with Gasteiger partial charge >= 0.3 is 12.1 Å². The van der Waals surface area contributed by atoms with E-state index in [2.05, 4.69) is 0 Å². The topological polar surface area (TPSA) is 46.5 Å². The number of ether oxygens (including phenoxy) is 1. The number of carboxylic acid groups (broad SMARTS) is 1. The predicted octanol–water partition coefficient (Wildman–Crippen LogP) is 4.12. The number of rotatable bonds is 4. The largest absolute Gasteiger partial charge is 0.488 e. The third kappa shape index (κ3) is 3.55. The van der Waals surface area contributed by atoms with Crippen molar-refractivity contribution in [2.24, 2.45) is 0 Å². The minimum Gasteiger partial charge on any atom is -0.488 e. The van der Waals surface area contributed by atoms with Gasteiger partial charge in [-0.1, -0.05) is 18.2 Å². The molecule has 7 heteroatoms. The highest BCUT2D eigenvalue weighted by Crippen LogP contribution is 2.32. The molecule has 2 rings (SSSR count). The van der Waals surface area contributed by atoms with Gasteiger partial charge in [-0.25, -0.2) is 9.18 Å². The average Bonchev–Trinajstić information content (AvgIpc) is 2.45. The van der Waals surface area contributed by atoms with Crippen LogP contribution in [0.1, 0.15) is 21.5 Å². The minimum absolute atomic E-state index is 0.0212. The van der Waals surface area contributed by atoms with Gasteiger partial charge in [-0.05, 0) is 29.8 Å². The first kappa shape index (κ1) is 15.8. The lowest BCUT2D eigenvalue weighted by molar-refractivity contribution is -0.140. The first-order valence-corrected chi connectivity index (χ1v) is 6.10. The van der Waals surface area contributed by atoms with E-state index in [1.807, 2.05) is 0 Å². The lowest BCUT2D eigenvalue weighted by Crippen LogP contribution is -2.10. The lowest BCUT2D eigenvalue weighted by atomic mass is 10.1. The van der Waals surface area contributed by atoms with E-state index in [0.717, 1.165) is 6.07 Å². The number of aromatic carboxylic acids is 1. The van der Waals surface area contributed by atoms with Gasteiger partial charge in [0.25, 0.3) is 0 Å². The number of alkyl halides is 3. The number of hydrogen-bond donors (Lipinski definition) is 1. The van der Waals surface area contributed by atoms with Gasteiger partial charge in [0.2, 0.25) is 0 Å². The van der Waals surface area contributed by atoms with Crippen molar-refractivity contribution in [1.82, 2.24) is 0 Å². The Balaban J connectivity index is 2.21. The summed E-state index contributed by atoms with van der Waals surface area (Å²) < 4.78 is 56.2. The second-order valence-electron chi connectivity index (χ2n) is 4.40. The van der Waals surface area contributed by atoms with Crippen LogP contribution in [-0.4, -0.2) is 11.1 Å². The zero-order valence-electron chi connectivity index (χ0n) is 11.0. The van der Waals surface area contributed by atoms with E-state index in [1.165, 1.54) is 24.3 Å². The molecule has 0 saturated carbocycles. The molecule has 0 saturated heterocycles. The molecule has 22 heavy (non-hydrogen) atoms. The Labute approximate surface area is 122 Å². The first-order chi connectivity index (χ1) is 10.3. The summed E-state index contributed by atoms with van der Waals surface area (Å²) >= 11 is 0. The maximum Gasteiger partial charge on any atom is 0.419 e. The number of para-hydroxylation sites is 1. The molecule has 116 valence electrons. The first-order valence-electron chi connectivity index (χ1n) is 6.10. The standard InChI is InChI=1S/C15H10F4O3/c16-12-6-5-9(7-11(12)15(17,18)19)8-22-13-4-2-1-3-10(13)14(20)21/h1-7H,8H2,(H,20,21). The van der Waals surface area contributed by atoms with Gasteiger partial charge in [0, 0.05) is 0 Å². The molecule has 0 amide bonds. The smallest absolute Gasteiger partial charge is 0.419 e. The summed E-state index contributed by atoms with van der Waals surface area (Å²) in [5.41, 5.74) is -1.42. The zero-order valence-corrected chi connectivity index (χ0v) is 11.0. The number of hydrogen-bond acceptors (Lipinski definition) is 2. The molecule has 0 fully saturated rings. The van der Waals surface area contributed by atoms with Crippen LogP contribution in [0.3, 0.4) is 0 Å². The van der Waals surface area contributed by atoms with Gasteiger partial charge in [-0.2, -0.15) is 13.2 Å². The highest BCUT2D eigenvalue weighted by molar-refractivity contribution is 5.90. The Hall–Kier alpha value is -2.57. The van der Waals surface area contributed by atoms with E-state index in [9.17, 15) is 22.4 Å². The number of carboxylic acids is 1. The van der Waals surface area contributed by atoms with E-state index < -0.39 is 23.5 Å². The summed E-state index contributed by atoms with van der Waals surface area (Å²) in [6.45, 7) is -0.312. The van der Waals surface area contributed by atoms with E-state index >= 15 is 0 Å². The van der Waals surface area contributed by atoms with Crippen LogP contribution in [0.2, 0.25) is 0 Å². The fourth-order valence-electron chi connectivity index (χ4n) is 1.81. The molecule has 0 radical (unpaired) electrons. The summed E-state index contributed by atoms with van der Waals surface area (Å²) in [4.78, 5) is 11.0. The Bertz CT molecular complexity index is 695. The summed E-state index contributed by atoms with van der Waals surface area (Å²) in [5.74, 6) is -2.57. The maximum atomic E-state index is 13.2. The average molecular weight is 314 g/mol. The van der Waals surface area contributed by atoms with Crippen LogP contribution >= 0.6 is 0 Å². The van der Waals surface area contributed by atoms with Crippen molar-refractivity contribution < 1.29 is 32.2 Å². The van der Waals surface area contributed by atoms with Gasteiger partial charge < -0.3 is 9.84 Å². The van der Waals surface area contributed by atoms with Crippen LogP contribution in [0.4, 0.5) is 17.6 Å². The third-order valence-corrected chi connectivity index (χ3v) is 2.85. The van der Waals surface area contributed by atoms with Crippen LogP contribution in [0, 0.1) is 5.82 Å². The summed E-state index contributed by atoms with van der Waals surface area (Å²) in [5, 5.41) is 8.97. The Morgan fingerprint density at radius 1 is 1.14 bits per heavy atom. The van der Waals surface area contributed by atoms with Gasteiger partial charge in [-0.15, -0.1) is 0 Å². The molecule has 0 bridgehead atoms. The van der Waals surface area contributed by atoms with Crippen LogP contribution < -0.4 is 4.74 Å². The zero-order chi connectivity index (χ0) is 16.3. The van der Waals surface area contributed by atoms with Crippen LogP contribution in [-0.2, 0) is 12.8 Å². The van der Waals surface area contributed by atoms with Gasteiger partial charge in [0.05, 0.1) is 5.56 Å². The number of halogens is 4. The van der Waals surface area contributed by atoms with Crippen molar-refractivity contribution >= 4 is 5.97 Å². The molecule has 2 aromatic rings. The van der Waals surface area contributed by atoms with Crippen molar-refractivity contribution in [3.63, 3.8) is 0 Å². The van der Waals surface area contributed by atoms with E-state index in [-0.39, 0.29) is 23.5 Å². The SMILES string of the molecule is O=C(O)c1ccccc1OCc1ccc(F)c(C(F)(F)F)c1. The number of carbonyl (C=O) groups is 1. The second-order valence-corrected chi connectivity index (χ2v) is 4.40. The Morgan fingerprint density at radius 2 is 1.82 bits per heavy atom. The van der Waals surface area contributed by atoms with E-state index in [4.69, 9.17) is 9.84 Å². The molecule has 0 aliphatic carbocycles. The molecule has 0 aliphatic heterocycles. The Morgan fingerprint density at radius 3 is 2.45 bits per heavy atom. The molecular weight excluding hydrogens is 304 g/mol. The second kappa shape index (κ2) is 6.05. The van der Waals surface area contributed by atoms with Crippen molar-refractivity contribution in [2.45, 2.75) is 12.8 Å². The third-order valence-electron chi connectivity index (χ3n) is 2.85. The molecule has 0 aliphatic rings. The van der Waals surface area contributed by atoms with Crippen molar-refractivity contribution in [3.8, 4) is 5.75 Å². The molecular formula is C15H10F4O3. The highest BCUT2D eigenvalue weighted by Gasteiger charge is 2.34. The number of benzene rings is 2. The van der Waals surface area contributed by atoms with Gasteiger partial charge in [0.1, 0.15) is 23.7 Å². The maximum absolute atomic E-state index is 13.2. The molecule has 1 N–H and O–H groups in total. The minimum atomic E-state index is -4.81. The van der Waals surface area contributed by atoms with Gasteiger partial charge in [-0.3, -0.25) is 0 Å². The molecule has 0 heterocycles. The van der Waals surface area contributed by atoms with Crippen LogP contribution in [0.25, 0.3) is 0 Å². The van der Waals surface area contributed by atoms with Crippen LogP contribution in [0.15, 0.2) is 42.5 Å². The van der Waals surface area contributed by atoms with Crippen molar-refractivity contribution in [2.75, 3.05) is 0 Å². The normalized spacial score (nSPS) is 11.3. The highest BCUT2D eigenvalue weighted by atomic mass is 19.4. The van der Waals surface area contributed by atoms with Crippen LogP contribution in [0.5, 0.6) is 5.75 Å². The molecule has 0 atom stereocenters. The summed E-state index contributed by atoms with van der Waals surface area (Å²) in [6, 6.07) is 8.21. The fourth-order valence-corrected chi connectivity index (χ4v) is 1.81. The molecule has 0 unspecified atom stereocenters. The predicted molar refractivity (Wildman–Crippen MR) is 69.1 cm³/mol. The summed E-state index contributed by atoms with van der Waals surface area (Å²) in [7, 11) is 0. The van der Waals surface area contributed by atoms with Gasteiger partial charge in [0.15, 0.2) is 0 Å². The van der Waals surface area contributed by atoms with Crippen molar-refractivity contribution in [3.05, 3.63) is 65.0 Å². The Kier molecular flexibility index (Phi) is 4.35. The van der Waals surface area contributed by atoms with Crippen molar-refractivity contribution in [1.29, 1.82) is 0 Å². The van der Waals surface area contributed by atoms with E-state index in [1.54, 1.807) is 0 Å². The lowest BCUT2D eigenvalue weighted by Gasteiger charge is -2.12. The molecule has 0 aromatic heterocycles. The molecule has 2 aromatic carbocycles.